The molecule has 5 nitrogen and oxygen atoms in total. The Balaban J connectivity index is 1.94. The van der Waals surface area contributed by atoms with Gasteiger partial charge in [0.05, 0.1) is 20.3 Å². The van der Waals surface area contributed by atoms with E-state index < -0.39 is 0 Å². The van der Waals surface area contributed by atoms with Crippen LogP contribution in [0.15, 0.2) is 48.8 Å². The molecular weight excluding hydrogens is 338 g/mol. The van der Waals surface area contributed by atoms with Gasteiger partial charge in [-0.05, 0) is 48.2 Å². The molecule has 0 saturated carbocycles. The van der Waals surface area contributed by atoms with Gasteiger partial charge in [-0.2, -0.15) is 0 Å². The summed E-state index contributed by atoms with van der Waals surface area (Å²) in [6, 6.07) is 12.4. The number of hydrogen-bond acceptors (Lipinski definition) is 4. The molecule has 27 heavy (non-hydrogen) atoms. The number of rotatable bonds is 7. The maximum Gasteiger partial charge on any atom is 0.130 e. The summed E-state index contributed by atoms with van der Waals surface area (Å²) in [5.41, 5.74) is 4.89. The summed E-state index contributed by atoms with van der Waals surface area (Å²) in [4.78, 5) is 4.57. The first-order valence-corrected chi connectivity index (χ1v) is 9.01. The number of methoxy groups -OCH3 is 2. The fraction of sp³-hybridized carbons (Fsp3) is 0.318. The Bertz CT molecular complexity index is 895. The van der Waals surface area contributed by atoms with Crippen molar-refractivity contribution in [3.05, 3.63) is 76.9 Å². The summed E-state index contributed by atoms with van der Waals surface area (Å²) in [6.45, 7) is 5.01. The number of nitrogens with one attached hydrogen (secondary N) is 1. The van der Waals surface area contributed by atoms with E-state index in [0.29, 0.717) is 0 Å². The third-order valence-corrected chi connectivity index (χ3v) is 4.91. The van der Waals surface area contributed by atoms with Crippen molar-refractivity contribution in [2.45, 2.75) is 26.4 Å². The lowest BCUT2D eigenvalue weighted by atomic mass is 10.0. The number of nitrogens with zero attached hydrogens (tertiary/aromatic N) is 2. The van der Waals surface area contributed by atoms with Gasteiger partial charge >= 0.3 is 0 Å². The van der Waals surface area contributed by atoms with Gasteiger partial charge in [-0.3, -0.25) is 5.32 Å². The van der Waals surface area contributed by atoms with Crippen LogP contribution in [0.2, 0.25) is 0 Å². The Morgan fingerprint density at radius 2 is 1.70 bits per heavy atom. The molecule has 0 aliphatic heterocycles. The van der Waals surface area contributed by atoms with Gasteiger partial charge in [-0.15, -0.1) is 0 Å². The van der Waals surface area contributed by atoms with Gasteiger partial charge in [0, 0.05) is 32.1 Å². The van der Waals surface area contributed by atoms with Crippen LogP contribution in [0.4, 0.5) is 0 Å². The van der Waals surface area contributed by atoms with E-state index in [1.54, 1.807) is 14.2 Å². The van der Waals surface area contributed by atoms with Crippen molar-refractivity contribution >= 4 is 0 Å². The van der Waals surface area contributed by atoms with Crippen molar-refractivity contribution in [2.24, 2.45) is 7.05 Å². The van der Waals surface area contributed by atoms with E-state index in [0.717, 1.165) is 29.4 Å². The Labute approximate surface area is 161 Å². The second-order valence-corrected chi connectivity index (χ2v) is 6.77. The van der Waals surface area contributed by atoms with Crippen molar-refractivity contribution < 1.29 is 9.47 Å². The molecule has 1 unspecified atom stereocenters. The third-order valence-electron chi connectivity index (χ3n) is 4.91. The molecule has 2 aromatic carbocycles. The van der Waals surface area contributed by atoms with Crippen LogP contribution in [0.1, 0.15) is 34.1 Å². The quantitative estimate of drug-likeness (QED) is 0.689. The molecule has 142 valence electrons. The van der Waals surface area contributed by atoms with E-state index in [1.807, 2.05) is 42.2 Å². The predicted octanol–water partition coefficient (Wildman–Crippen LogP) is 3.93. The molecule has 1 heterocycles. The highest BCUT2D eigenvalue weighted by atomic mass is 16.5. The number of imidazole rings is 1. The summed E-state index contributed by atoms with van der Waals surface area (Å²) in [5.74, 6) is 2.46. The van der Waals surface area contributed by atoms with Crippen molar-refractivity contribution in [1.29, 1.82) is 0 Å². The zero-order chi connectivity index (χ0) is 19.4. The molecule has 3 rings (SSSR count). The maximum atomic E-state index is 5.45. The van der Waals surface area contributed by atoms with E-state index >= 15 is 0 Å². The van der Waals surface area contributed by atoms with Crippen LogP contribution >= 0.6 is 0 Å². The SMILES string of the molecule is COc1cc(OC)cc(C(NCc2ccc(C)c(C)c2)c2nccn2C)c1. The molecule has 1 N–H and O–H groups in total. The number of benzene rings is 2. The predicted molar refractivity (Wildman–Crippen MR) is 107 cm³/mol. The molecule has 0 amide bonds. The van der Waals surface area contributed by atoms with Gasteiger partial charge in [-0.25, -0.2) is 4.98 Å². The van der Waals surface area contributed by atoms with Crippen LogP contribution in [-0.2, 0) is 13.6 Å². The molecule has 0 spiro atoms. The number of ether oxygens (including phenoxy) is 2. The van der Waals surface area contributed by atoms with Gasteiger partial charge in [0.25, 0.3) is 0 Å². The van der Waals surface area contributed by atoms with E-state index in [9.17, 15) is 0 Å². The number of hydrogen-bond donors (Lipinski definition) is 1. The zero-order valence-electron chi connectivity index (χ0n) is 16.6. The van der Waals surface area contributed by atoms with E-state index in [-0.39, 0.29) is 6.04 Å². The molecule has 0 fully saturated rings. The lowest BCUT2D eigenvalue weighted by Gasteiger charge is -2.21. The Morgan fingerprint density at radius 1 is 1.00 bits per heavy atom. The van der Waals surface area contributed by atoms with Crippen LogP contribution in [0.5, 0.6) is 11.5 Å². The van der Waals surface area contributed by atoms with Gasteiger partial charge in [0.2, 0.25) is 0 Å². The summed E-state index contributed by atoms with van der Waals surface area (Å²) >= 11 is 0. The first kappa shape index (κ1) is 19.0. The molecule has 5 heteroatoms. The minimum Gasteiger partial charge on any atom is -0.497 e. The Morgan fingerprint density at radius 3 is 2.26 bits per heavy atom. The second-order valence-electron chi connectivity index (χ2n) is 6.77. The average molecular weight is 365 g/mol. The minimum absolute atomic E-state index is 0.0874. The Hall–Kier alpha value is -2.79. The molecule has 0 saturated heterocycles. The van der Waals surface area contributed by atoms with Crippen molar-refractivity contribution in [3.63, 3.8) is 0 Å². The molecule has 1 atom stereocenters. The molecule has 1 aromatic heterocycles. The zero-order valence-corrected chi connectivity index (χ0v) is 16.6. The summed E-state index contributed by atoms with van der Waals surface area (Å²) in [7, 11) is 5.33. The summed E-state index contributed by atoms with van der Waals surface area (Å²) in [6.07, 6.45) is 3.77. The van der Waals surface area contributed by atoms with Crippen LogP contribution in [0.3, 0.4) is 0 Å². The minimum atomic E-state index is -0.0874. The third kappa shape index (κ3) is 4.31. The second kappa shape index (κ2) is 8.27. The highest BCUT2D eigenvalue weighted by Gasteiger charge is 2.20. The molecule has 0 aliphatic carbocycles. The van der Waals surface area contributed by atoms with Gasteiger partial charge in [-0.1, -0.05) is 18.2 Å². The van der Waals surface area contributed by atoms with Crippen LogP contribution in [0.25, 0.3) is 0 Å². The topological polar surface area (TPSA) is 48.3 Å². The normalized spacial score (nSPS) is 12.0. The molecule has 0 bridgehead atoms. The first-order chi connectivity index (χ1) is 13.0. The molecule has 0 radical (unpaired) electrons. The van der Waals surface area contributed by atoms with Gasteiger partial charge < -0.3 is 14.0 Å². The lowest BCUT2D eigenvalue weighted by molar-refractivity contribution is 0.392. The number of aryl methyl sites for hydroxylation is 3. The molecule has 3 aromatic rings. The number of aromatic nitrogens is 2. The standard InChI is InChI=1S/C22H27N3O2/c1-15-6-7-17(10-16(15)2)14-24-21(22-23-8-9-25(22)3)18-11-19(26-4)13-20(12-18)27-5/h6-13,21,24H,14H2,1-5H3. The summed E-state index contributed by atoms with van der Waals surface area (Å²) < 4.78 is 12.9. The molecule has 0 aliphatic rings. The van der Waals surface area contributed by atoms with Crippen molar-refractivity contribution in [2.75, 3.05) is 14.2 Å². The van der Waals surface area contributed by atoms with Gasteiger partial charge in [0.15, 0.2) is 0 Å². The maximum absolute atomic E-state index is 5.45. The fourth-order valence-corrected chi connectivity index (χ4v) is 3.14. The largest absolute Gasteiger partial charge is 0.497 e. The van der Waals surface area contributed by atoms with Crippen LogP contribution in [-0.4, -0.2) is 23.8 Å². The summed E-state index contributed by atoms with van der Waals surface area (Å²) in [5, 5.41) is 3.65. The van der Waals surface area contributed by atoms with Crippen LogP contribution < -0.4 is 14.8 Å². The highest BCUT2D eigenvalue weighted by Crippen LogP contribution is 2.29. The monoisotopic (exact) mass is 365 g/mol. The van der Waals surface area contributed by atoms with E-state index in [1.165, 1.54) is 16.7 Å². The molecular formula is C22H27N3O2. The Kier molecular flexibility index (Phi) is 5.81. The lowest BCUT2D eigenvalue weighted by Crippen LogP contribution is -2.25. The van der Waals surface area contributed by atoms with Crippen molar-refractivity contribution in [1.82, 2.24) is 14.9 Å². The first-order valence-electron chi connectivity index (χ1n) is 9.01. The van der Waals surface area contributed by atoms with Gasteiger partial charge in [0.1, 0.15) is 17.3 Å². The van der Waals surface area contributed by atoms with E-state index in [2.05, 4.69) is 42.3 Å². The average Bonchev–Trinajstić information content (AvgIpc) is 3.10. The van der Waals surface area contributed by atoms with E-state index in [4.69, 9.17) is 9.47 Å². The fourth-order valence-electron chi connectivity index (χ4n) is 3.14. The van der Waals surface area contributed by atoms with Crippen LogP contribution in [0, 0.1) is 13.8 Å². The smallest absolute Gasteiger partial charge is 0.130 e. The highest BCUT2D eigenvalue weighted by molar-refractivity contribution is 5.41. The van der Waals surface area contributed by atoms with Crippen molar-refractivity contribution in [3.8, 4) is 11.5 Å².